The van der Waals surface area contributed by atoms with Crippen LogP contribution in [-0.4, -0.2) is 31.1 Å². The molecule has 102 valence electrons. The van der Waals surface area contributed by atoms with Crippen LogP contribution in [0.4, 0.5) is 0 Å². The molecule has 1 aliphatic carbocycles. The summed E-state index contributed by atoms with van der Waals surface area (Å²) in [5, 5.41) is 0. The minimum absolute atomic E-state index is 0. The lowest BCUT2D eigenvalue weighted by molar-refractivity contribution is 0.0398. The molecule has 0 aromatic heterocycles. The summed E-state index contributed by atoms with van der Waals surface area (Å²) in [5.41, 5.74) is 7.44. The number of nitrogens with two attached hydrogens (primary N) is 1. The second-order valence-corrected chi connectivity index (χ2v) is 4.99. The lowest BCUT2D eigenvalue weighted by Gasteiger charge is -2.48. The summed E-state index contributed by atoms with van der Waals surface area (Å²) >= 11 is 0. The molecule has 4 heteroatoms. The molecule has 1 aromatic rings. The van der Waals surface area contributed by atoms with Crippen LogP contribution in [0, 0.1) is 0 Å². The Labute approximate surface area is 116 Å². The lowest BCUT2D eigenvalue weighted by Crippen LogP contribution is -2.56. The van der Waals surface area contributed by atoms with Crippen molar-refractivity contribution in [1.82, 2.24) is 4.90 Å². The molecule has 1 saturated carbocycles. The highest BCUT2D eigenvalue weighted by atomic mass is 35.5. The van der Waals surface area contributed by atoms with E-state index in [9.17, 15) is 0 Å². The summed E-state index contributed by atoms with van der Waals surface area (Å²) in [6, 6.07) is 8.25. The number of ether oxygens (including phenoxy) is 1. The van der Waals surface area contributed by atoms with Crippen LogP contribution >= 0.6 is 12.4 Å². The molecule has 0 atom stereocenters. The van der Waals surface area contributed by atoms with Crippen LogP contribution in [0.1, 0.15) is 24.8 Å². The first-order valence-electron chi connectivity index (χ1n) is 6.24. The molecule has 0 bridgehead atoms. The van der Waals surface area contributed by atoms with E-state index in [1.165, 1.54) is 24.8 Å². The maximum absolute atomic E-state index is 5.91. The van der Waals surface area contributed by atoms with Gasteiger partial charge in [-0.2, -0.15) is 0 Å². The summed E-state index contributed by atoms with van der Waals surface area (Å²) in [5.74, 6) is 0.923. The quantitative estimate of drug-likeness (QED) is 0.893. The predicted molar refractivity (Wildman–Crippen MR) is 77.3 cm³/mol. The van der Waals surface area contributed by atoms with Gasteiger partial charge in [-0.25, -0.2) is 0 Å². The van der Waals surface area contributed by atoms with E-state index in [1.807, 2.05) is 12.1 Å². The van der Waals surface area contributed by atoms with Gasteiger partial charge in [0.2, 0.25) is 0 Å². The number of hydrogen-bond donors (Lipinski definition) is 1. The van der Waals surface area contributed by atoms with Crippen LogP contribution in [0.2, 0.25) is 0 Å². The fraction of sp³-hybridized carbons (Fsp3) is 0.571. The van der Waals surface area contributed by atoms with Crippen molar-refractivity contribution in [2.24, 2.45) is 5.73 Å². The molecule has 0 aliphatic heterocycles. The third-order valence-electron chi connectivity index (χ3n) is 4.03. The molecule has 0 unspecified atom stereocenters. The number of likely N-dealkylation sites (N-methyl/N-ethyl adjacent to an activating group) is 1. The minimum Gasteiger partial charge on any atom is -0.497 e. The van der Waals surface area contributed by atoms with E-state index in [0.717, 1.165) is 18.8 Å². The Balaban J connectivity index is 0.00000162. The Hall–Kier alpha value is -0.770. The molecule has 2 rings (SSSR count). The van der Waals surface area contributed by atoms with Crippen molar-refractivity contribution in [3.05, 3.63) is 29.8 Å². The van der Waals surface area contributed by atoms with Gasteiger partial charge in [0.25, 0.3) is 0 Å². The average Bonchev–Trinajstić information content (AvgIpc) is 2.28. The Morgan fingerprint density at radius 2 is 2.11 bits per heavy atom. The van der Waals surface area contributed by atoms with Crippen LogP contribution in [0.15, 0.2) is 24.3 Å². The Bertz CT molecular complexity index is 374. The van der Waals surface area contributed by atoms with E-state index in [-0.39, 0.29) is 17.9 Å². The summed E-state index contributed by atoms with van der Waals surface area (Å²) in [4.78, 5) is 2.39. The monoisotopic (exact) mass is 270 g/mol. The van der Waals surface area contributed by atoms with Gasteiger partial charge in [-0.15, -0.1) is 12.4 Å². The van der Waals surface area contributed by atoms with Crippen molar-refractivity contribution in [3.63, 3.8) is 0 Å². The number of hydrogen-bond acceptors (Lipinski definition) is 3. The van der Waals surface area contributed by atoms with Gasteiger partial charge in [0.05, 0.1) is 7.11 Å². The van der Waals surface area contributed by atoms with Gasteiger partial charge in [0, 0.05) is 18.6 Å². The second kappa shape index (κ2) is 6.41. The van der Waals surface area contributed by atoms with E-state index in [0.29, 0.717) is 0 Å². The van der Waals surface area contributed by atoms with Gasteiger partial charge in [-0.05, 0) is 44.0 Å². The molecule has 2 N–H and O–H groups in total. The highest BCUT2D eigenvalue weighted by Gasteiger charge is 2.39. The Morgan fingerprint density at radius 3 is 2.61 bits per heavy atom. The Kier molecular flexibility index (Phi) is 5.45. The number of rotatable bonds is 5. The van der Waals surface area contributed by atoms with E-state index >= 15 is 0 Å². The molecule has 0 saturated heterocycles. The fourth-order valence-electron chi connectivity index (χ4n) is 2.54. The molecular formula is C14H23ClN2O. The zero-order valence-electron chi connectivity index (χ0n) is 11.2. The van der Waals surface area contributed by atoms with Gasteiger partial charge in [-0.1, -0.05) is 12.1 Å². The van der Waals surface area contributed by atoms with Crippen LogP contribution in [0.5, 0.6) is 5.75 Å². The molecule has 0 amide bonds. The molecule has 1 fully saturated rings. The van der Waals surface area contributed by atoms with Crippen molar-refractivity contribution in [2.45, 2.75) is 31.3 Å². The molecule has 3 nitrogen and oxygen atoms in total. The summed E-state index contributed by atoms with van der Waals surface area (Å²) in [6.45, 7) is 1.70. The molecule has 0 radical (unpaired) electrons. The summed E-state index contributed by atoms with van der Waals surface area (Å²) < 4.78 is 5.25. The number of methoxy groups -OCH3 is 1. The first-order valence-corrected chi connectivity index (χ1v) is 6.24. The molecule has 0 heterocycles. The van der Waals surface area contributed by atoms with Crippen LogP contribution in [-0.2, 0) is 6.54 Å². The van der Waals surface area contributed by atoms with Crippen LogP contribution in [0.3, 0.4) is 0 Å². The number of benzene rings is 1. The third-order valence-corrected chi connectivity index (χ3v) is 4.03. The Morgan fingerprint density at radius 1 is 1.39 bits per heavy atom. The number of nitrogens with zero attached hydrogens (tertiary/aromatic N) is 1. The van der Waals surface area contributed by atoms with Crippen LogP contribution in [0.25, 0.3) is 0 Å². The van der Waals surface area contributed by atoms with Crippen molar-refractivity contribution in [3.8, 4) is 5.75 Å². The normalized spacial score (nSPS) is 16.9. The molecular weight excluding hydrogens is 248 g/mol. The standard InChI is InChI=1S/C14H22N2O.ClH/c1-16(14(11-15)7-4-8-14)10-12-5-3-6-13(9-12)17-2;/h3,5-6,9H,4,7-8,10-11,15H2,1-2H3;1H. The first-order chi connectivity index (χ1) is 8.20. The third kappa shape index (κ3) is 2.97. The van der Waals surface area contributed by atoms with Gasteiger partial charge >= 0.3 is 0 Å². The topological polar surface area (TPSA) is 38.5 Å². The maximum atomic E-state index is 5.91. The van der Waals surface area contributed by atoms with Crippen molar-refractivity contribution >= 4 is 12.4 Å². The largest absolute Gasteiger partial charge is 0.497 e. The van der Waals surface area contributed by atoms with Gasteiger partial charge in [-0.3, -0.25) is 4.90 Å². The fourth-order valence-corrected chi connectivity index (χ4v) is 2.54. The van der Waals surface area contributed by atoms with E-state index in [2.05, 4.69) is 24.1 Å². The average molecular weight is 271 g/mol. The highest BCUT2D eigenvalue weighted by Crippen LogP contribution is 2.36. The zero-order chi connectivity index (χ0) is 12.3. The van der Waals surface area contributed by atoms with E-state index in [1.54, 1.807) is 7.11 Å². The van der Waals surface area contributed by atoms with Crippen molar-refractivity contribution in [2.75, 3.05) is 20.7 Å². The molecule has 1 aromatic carbocycles. The van der Waals surface area contributed by atoms with Gasteiger partial charge < -0.3 is 10.5 Å². The zero-order valence-corrected chi connectivity index (χ0v) is 12.0. The molecule has 18 heavy (non-hydrogen) atoms. The molecule has 0 spiro atoms. The van der Waals surface area contributed by atoms with Gasteiger partial charge in [0.15, 0.2) is 0 Å². The molecule has 1 aliphatic rings. The smallest absolute Gasteiger partial charge is 0.119 e. The maximum Gasteiger partial charge on any atom is 0.119 e. The second-order valence-electron chi connectivity index (χ2n) is 4.99. The van der Waals surface area contributed by atoms with Crippen molar-refractivity contribution in [1.29, 1.82) is 0 Å². The first kappa shape index (κ1) is 15.3. The van der Waals surface area contributed by atoms with E-state index < -0.39 is 0 Å². The number of halogens is 1. The van der Waals surface area contributed by atoms with Gasteiger partial charge in [0.1, 0.15) is 5.75 Å². The SMILES string of the molecule is COc1cccc(CN(C)C2(CN)CCC2)c1.Cl. The highest BCUT2D eigenvalue weighted by molar-refractivity contribution is 5.85. The predicted octanol–water partition coefficient (Wildman–Crippen LogP) is 2.43. The van der Waals surface area contributed by atoms with Crippen molar-refractivity contribution < 1.29 is 4.74 Å². The van der Waals surface area contributed by atoms with E-state index in [4.69, 9.17) is 10.5 Å². The summed E-state index contributed by atoms with van der Waals surface area (Å²) in [6.07, 6.45) is 3.76. The lowest BCUT2D eigenvalue weighted by atomic mass is 9.75. The minimum atomic E-state index is 0. The summed E-state index contributed by atoms with van der Waals surface area (Å²) in [7, 11) is 3.88. The van der Waals surface area contributed by atoms with Crippen LogP contribution < -0.4 is 10.5 Å².